The summed E-state index contributed by atoms with van der Waals surface area (Å²) in [5, 5.41) is 8.99. The molecule has 1 rings (SSSR count). The maximum Gasteiger partial charge on any atom is 0.402 e. The van der Waals surface area contributed by atoms with Crippen molar-refractivity contribution in [3.8, 4) is 0 Å². The van der Waals surface area contributed by atoms with E-state index in [9.17, 15) is 21.6 Å². The van der Waals surface area contributed by atoms with Gasteiger partial charge in [-0.3, -0.25) is 0 Å². The topological polar surface area (TPSA) is 66.4 Å². The Kier molecular flexibility index (Phi) is 4.99. The molecule has 0 saturated carbocycles. The van der Waals surface area contributed by atoms with Gasteiger partial charge in [0, 0.05) is 4.47 Å². The van der Waals surface area contributed by atoms with Gasteiger partial charge >= 0.3 is 6.18 Å². The number of aliphatic hydroxyl groups excluding tert-OH is 1. The molecule has 1 aromatic rings. The first-order valence-corrected chi connectivity index (χ1v) is 7.31. The number of alkyl halides is 3. The fraction of sp³-hybridized carbons (Fsp3) is 0.400. The van der Waals surface area contributed by atoms with Crippen molar-refractivity contribution in [3.05, 3.63) is 27.7 Å². The number of aliphatic hydroxyl groups is 1. The van der Waals surface area contributed by atoms with Crippen LogP contribution >= 0.6 is 15.9 Å². The molecule has 2 N–H and O–H groups in total. The summed E-state index contributed by atoms with van der Waals surface area (Å²) in [6.45, 7) is -0.607. The Bertz CT molecular complexity index is 572. The molecule has 0 saturated heterocycles. The molecule has 0 aromatic heterocycles. The standard InChI is InChI=1S/C10H11BrF3NO3S/c1-6-8(11)2-7(4-16)3-9(6)19(17,18)15-5-10(12,13)14/h2-3,15-16H,4-5H2,1H3. The van der Waals surface area contributed by atoms with Crippen LogP contribution in [0.1, 0.15) is 11.1 Å². The SMILES string of the molecule is Cc1c(Br)cc(CO)cc1S(=O)(=O)NCC(F)(F)F. The predicted octanol–water partition coefficient (Wildman–Crippen LogP) is 2.09. The molecule has 0 bridgehead atoms. The first kappa shape index (κ1) is 16.4. The summed E-state index contributed by atoms with van der Waals surface area (Å²) in [4.78, 5) is -0.296. The molecule has 0 unspecified atom stereocenters. The maximum atomic E-state index is 12.1. The van der Waals surface area contributed by atoms with Crippen molar-refractivity contribution in [3.63, 3.8) is 0 Å². The third-order valence-corrected chi connectivity index (χ3v) is 4.64. The van der Waals surface area contributed by atoms with E-state index in [0.29, 0.717) is 4.47 Å². The average Bonchev–Trinajstić information content (AvgIpc) is 2.29. The normalized spacial score (nSPS) is 12.7. The molecule has 108 valence electrons. The minimum Gasteiger partial charge on any atom is -0.392 e. The number of nitrogens with one attached hydrogen (secondary N) is 1. The summed E-state index contributed by atoms with van der Waals surface area (Å²) in [5.74, 6) is 0. The number of rotatable bonds is 4. The largest absolute Gasteiger partial charge is 0.402 e. The molecule has 0 aliphatic heterocycles. The van der Waals surface area contributed by atoms with Gasteiger partial charge in [-0.25, -0.2) is 13.1 Å². The summed E-state index contributed by atoms with van der Waals surface area (Å²) in [7, 11) is -4.29. The average molecular weight is 362 g/mol. The van der Waals surface area contributed by atoms with E-state index in [1.165, 1.54) is 17.7 Å². The Morgan fingerprint density at radius 2 is 1.95 bits per heavy atom. The molecule has 0 spiro atoms. The van der Waals surface area contributed by atoms with E-state index in [1.807, 2.05) is 0 Å². The van der Waals surface area contributed by atoms with Crippen LogP contribution in [0.25, 0.3) is 0 Å². The van der Waals surface area contributed by atoms with Gasteiger partial charge < -0.3 is 5.11 Å². The summed E-state index contributed by atoms with van der Waals surface area (Å²) < 4.78 is 61.6. The molecule has 19 heavy (non-hydrogen) atoms. The van der Waals surface area contributed by atoms with E-state index >= 15 is 0 Å². The summed E-state index contributed by atoms with van der Waals surface area (Å²) >= 11 is 3.10. The van der Waals surface area contributed by atoms with Crippen molar-refractivity contribution in [2.75, 3.05) is 6.54 Å². The number of hydrogen-bond acceptors (Lipinski definition) is 3. The van der Waals surface area contributed by atoms with Gasteiger partial charge in [-0.15, -0.1) is 0 Å². The molecule has 0 atom stereocenters. The summed E-state index contributed by atoms with van der Waals surface area (Å²) in [6.07, 6.45) is -4.63. The first-order valence-electron chi connectivity index (χ1n) is 5.03. The van der Waals surface area contributed by atoms with Crippen LogP contribution in [-0.2, 0) is 16.6 Å². The molecule has 0 heterocycles. The van der Waals surface area contributed by atoms with Crippen molar-refractivity contribution in [2.45, 2.75) is 24.6 Å². The van der Waals surface area contributed by atoms with E-state index < -0.39 is 29.4 Å². The molecular weight excluding hydrogens is 351 g/mol. The van der Waals surface area contributed by atoms with Crippen LogP contribution in [0, 0.1) is 6.92 Å². The second-order valence-corrected chi connectivity index (χ2v) is 6.39. The highest BCUT2D eigenvalue weighted by Crippen LogP contribution is 2.26. The predicted molar refractivity (Wildman–Crippen MR) is 66.0 cm³/mol. The van der Waals surface area contributed by atoms with Gasteiger partial charge in [0.05, 0.1) is 11.5 Å². The van der Waals surface area contributed by atoms with E-state index in [1.54, 1.807) is 0 Å². The molecule has 0 fully saturated rings. The highest BCUT2D eigenvalue weighted by atomic mass is 79.9. The van der Waals surface area contributed by atoms with E-state index in [4.69, 9.17) is 5.11 Å². The molecule has 0 aliphatic carbocycles. The zero-order valence-electron chi connectivity index (χ0n) is 9.75. The zero-order valence-corrected chi connectivity index (χ0v) is 12.2. The molecule has 0 radical (unpaired) electrons. The van der Waals surface area contributed by atoms with Gasteiger partial charge in [0.15, 0.2) is 0 Å². The van der Waals surface area contributed by atoms with Gasteiger partial charge in [-0.2, -0.15) is 13.2 Å². The van der Waals surface area contributed by atoms with Gasteiger partial charge in [0.2, 0.25) is 10.0 Å². The summed E-state index contributed by atoms with van der Waals surface area (Å²) in [5.41, 5.74) is 0.553. The third-order valence-electron chi connectivity index (χ3n) is 2.29. The van der Waals surface area contributed by atoms with E-state index in [-0.39, 0.29) is 16.0 Å². The Balaban J connectivity index is 3.17. The van der Waals surface area contributed by atoms with Gasteiger partial charge in [0.25, 0.3) is 0 Å². The van der Waals surface area contributed by atoms with Crippen LogP contribution in [0.15, 0.2) is 21.5 Å². The second kappa shape index (κ2) is 5.78. The minimum atomic E-state index is -4.63. The summed E-state index contributed by atoms with van der Waals surface area (Å²) in [6, 6.07) is 2.64. The van der Waals surface area contributed by atoms with Crippen LogP contribution in [-0.4, -0.2) is 26.2 Å². The maximum absolute atomic E-state index is 12.1. The lowest BCUT2D eigenvalue weighted by atomic mass is 10.2. The van der Waals surface area contributed by atoms with Crippen molar-refractivity contribution in [1.82, 2.24) is 4.72 Å². The lowest BCUT2D eigenvalue weighted by Crippen LogP contribution is -2.34. The molecule has 0 amide bonds. The van der Waals surface area contributed by atoms with Crippen LogP contribution in [0.3, 0.4) is 0 Å². The number of sulfonamides is 1. The molecule has 9 heteroatoms. The second-order valence-electron chi connectivity index (χ2n) is 3.80. The Hall–Kier alpha value is -0.640. The quantitative estimate of drug-likeness (QED) is 0.862. The van der Waals surface area contributed by atoms with Crippen molar-refractivity contribution < 1.29 is 26.7 Å². The Morgan fingerprint density at radius 3 is 2.42 bits per heavy atom. The zero-order chi connectivity index (χ0) is 14.8. The smallest absolute Gasteiger partial charge is 0.392 e. The molecular formula is C10H11BrF3NO3S. The first-order chi connectivity index (χ1) is 8.57. The minimum absolute atomic E-state index is 0.270. The van der Waals surface area contributed by atoms with Gasteiger partial charge in [-0.05, 0) is 30.2 Å². The van der Waals surface area contributed by atoms with Crippen LogP contribution in [0.2, 0.25) is 0 Å². The highest BCUT2D eigenvalue weighted by Gasteiger charge is 2.30. The monoisotopic (exact) mass is 361 g/mol. The fourth-order valence-corrected chi connectivity index (χ4v) is 3.30. The lowest BCUT2D eigenvalue weighted by molar-refractivity contribution is -0.121. The number of benzene rings is 1. The van der Waals surface area contributed by atoms with Crippen molar-refractivity contribution >= 4 is 26.0 Å². The van der Waals surface area contributed by atoms with Gasteiger partial charge in [0.1, 0.15) is 6.54 Å². The van der Waals surface area contributed by atoms with Crippen molar-refractivity contribution in [1.29, 1.82) is 0 Å². The molecule has 0 aliphatic rings. The number of hydrogen-bond donors (Lipinski definition) is 2. The molecule has 4 nitrogen and oxygen atoms in total. The Labute approximate surface area is 116 Å². The van der Waals surface area contributed by atoms with E-state index in [0.717, 1.165) is 6.07 Å². The van der Waals surface area contributed by atoms with Gasteiger partial charge in [-0.1, -0.05) is 15.9 Å². The Morgan fingerprint density at radius 1 is 1.37 bits per heavy atom. The van der Waals surface area contributed by atoms with Crippen LogP contribution < -0.4 is 4.72 Å². The van der Waals surface area contributed by atoms with Crippen molar-refractivity contribution in [2.24, 2.45) is 0 Å². The van der Waals surface area contributed by atoms with Crippen LogP contribution in [0.5, 0.6) is 0 Å². The fourth-order valence-electron chi connectivity index (χ4n) is 1.33. The van der Waals surface area contributed by atoms with E-state index in [2.05, 4.69) is 15.9 Å². The lowest BCUT2D eigenvalue weighted by Gasteiger charge is -2.13. The molecule has 1 aromatic carbocycles. The highest BCUT2D eigenvalue weighted by molar-refractivity contribution is 9.10. The number of halogens is 4. The third kappa shape index (κ3) is 4.44. The van der Waals surface area contributed by atoms with Crippen LogP contribution in [0.4, 0.5) is 13.2 Å².